The van der Waals surface area contributed by atoms with Crippen LogP contribution in [0.2, 0.25) is 0 Å². The van der Waals surface area contributed by atoms with Gasteiger partial charge in [0.2, 0.25) is 5.95 Å². The number of carbonyl (C=O) groups excluding carboxylic acids is 1. The molecule has 1 fully saturated rings. The van der Waals surface area contributed by atoms with Crippen molar-refractivity contribution >= 4 is 23.2 Å². The lowest BCUT2D eigenvalue weighted by Gasteiger charge is -2.15. The molecule has 0 aliphatic carbocycles. The average Bonchev–Trinajstić information content (AvgIpc) is 3.54. The summed E-state index contributed by atoms with van der Waals surface area (Å²) in [5.41, 5.74) is 4.08. The molecule has 2 aromatic heterocycles. The van der Waals surface area contributed by atoms with Crippen molar-refractivity contribution in [2.45, 2.75) is 12.8 Å². The molecule has 1 aliphatic heterocycles. The second-order valence-electron chi connectivity index (χ2n) is 8.32. The van der Waals surface area contributed by atoms with Gasteiger partial charge in [0.1, 0.15) is 12.4 Å². The van der Waals surface area contributed by atoms with Gasteiger partial charge in [-0.05, 0) is 74.5 Å². The van der Waals surface area contributed by atoms with Gasteiger partial charge in [-0.1, -0.05) is 18.2 Å². The molecule has 2 aromatic carbocycles. The Balaban J connectivity index is 1.27. The molecular weight excluding hydrogens is 428 g/mol. The lowest BCUT2D eigenvalue weighted by Crippen LogP contribution is -2.25. The quantitative estimate of drug-likeness (QED) is 0.417. The molecule has 0 spiro atoms. The Kier molecular flexibility index (Phi) is 6.40. The summed E-state index contributed by atoms with van der Waals surface area (Å²) in [5, 5.41) is 10.6. The fourth-order valence-corrected chi connectivity index (χ4v) is 4.18. The Labute approximate surface area is 198 Å². The van der Waals surface area contributed by atoms with Crippen molar-refractivity contribution < 1.29 is 9.53 Å². The molecule has 34 heavy (non-hydrogen) atoms. The van der Waals surface area contributed by atoms with Gasteiger partial charge in [0.15, 0.2) is 5.65 Å². The number of aromatic nitrogens is 3. The van der Waals surface area contributed by atoms with Crippen LogP contribution in [-0.4, -0.2) is 58.7 Å². The largest absolute Gasteiger partial charge is 0.492 e. The summed E-state index contributed by atoms with van der Waals surface area (Å²) in [6, 6.07) is 21.1. The van der Waals surface area contributed by atoms with E-state index in [0.29, 0.717) is 18.1 Å². The number of anilines is 2. The van der Waals surface area contributed by atoms with E-state index in [1.165, 1.54) is 25.9 Å². The number of fused-ring (bicyclic) bond motifs is 1. The van der Waals surface area contributed by atoms with Crippen molar-refractivity contribution in [3.05, 3.63) is 72.3 Å². The number of nitrogens with one attached hydrogen (secondary N) is 2. The number of ether oxygens (including phenoxy) is 1. The maximum absolute atomic E-state index is 11.8. The summed E-state index contributed by atoms with van der Waals surface area (Å²) >= 11 is 0. The maximum Gasteiger partial charge on any atom is 0.251 e. The molecule has 0 saturated carbocycles. The van der Waals surface area contributed by atoms with E-state index in [4.69, 9.17) is 4.74 Å². The number of amides is 1. The molecule has 8 nitrogen and oxygen atoms in total. The van der Waals surface area contributed by atoms with Gasteiger partial charge in [-0.25, -0.2) is 4.52 Å². The molecule has 0 radical (unpaired) electrons. The number of carbonyl (C=O) groups is 1. The Hall–Kier alpha value is -3.91. The van der Waals surface area contributed by atoms with Gasteiger partial charge < -0.3 is 15.4 Å². The van der Waals surface area contributed by atoms with Crippen molar-refractivity contribution in [1.29, 1.82) is 0 Å². The first-order valence-electron chi connectivity index (χ1n) is 11.6. The number of hydrogen-bond acceptors (Lipinski definition) is 6. The Morgan fingerprint density at radius 2 is 1.76 bits per heavy atom. The van der Waals surface area contributed by atoms with Crippen LogP contribution in [-0.2, 0) is 0 Å². The molecule has 0 atom stereocenters. The predicted molar refractivity (Wildman–Crippen MR) is 133 cm³/mol. The monoisotopic (exact) mass is 456 g/mol. The minimum Gasteiger partial charge on any atom is -0.492 e. The molecule has 4 aromatic rings. The van der Waals surface area contributed by atoms with Gasteiger partial charge >= 0.3 is 0 Å². The highest BCUT2D eigenvalue weighted by atomic mass is 16.5. The van der Waals surface area contributed by atoms with Crippen LogP contribution in [0.3, 0.4) is 0 Å². The molecule has 5 rings (SSSR count). The predicted octanol–water partition coefficient (Wildman–Crippen LogP) is 3.97. The van der Waals surface area contributed by atoms with Crippen molar-refractivity contribution in [3.63, 3.8) is 0 Å². The first-order chi connectivity index (χ1) is 16.7. The van der Waals surface area contributed by atoms with Crippen LogP contribution in [0.4, 0.5) is 11.6 Å². The molecule has 3 heterocycles. The van der Waals surface area contributed by atoms with Crippen LogP contribution in [0.15, 0.2) is 66.7 Å². The van der Waals surface area contributed by atoms with Crippen LogP contribution in [0.5, 0.6) is 5.75 Å². The smallest absolute Gasteiger partial charge is 0.251 e. The molecular formula is C26H28N6O2. The highest BCUT2D eigenvalue weighted by Crippen LogP contribution is 2.23. The lowest BCUT2D eigenvalue weighted by molar-refractivity contribution is 0.0963. The lowest BCUT2D eigenvalue weighted by atomic mass is 10.1. The topological polar surface area (TPSA) is 83.8 Å². The zero-order valence-corrected chi connectivity index (χ0v) is 19.2. The number of hydrogen-bond donors (Lipinski definition) is 2. The number of pyridine rings is 1. The van der Waals surface area contributed by atoms with E-state index in [1.807, 2.05) is 54.6 Å². The summed E-state index contributed by atoms with van der Waals surface area (Å²) in [4.78, 5) is 18.9. The van der Waals surface area contributed by atoms with E-state index < -0.39 is 0 Å². The third-order valence-corrected chi connectivity index (χ3v) is 6.02. The second kappa shape index (κ2) is 9.93. The second-order valence-corrected chi connectivity index (χ2v) is 8.32. The molecule has 1 saturated heterocycles. The average molecular weight is 457 g/mol. The fourth-order valence-electron chi connectivity index (χ4n) is 4.18. The van der Waals surface area contributed by atoms with Crippen LogP contribution < -0.4 is 15.4 Å². The number of benzene rings is 2. The van der Waals surface area contributed by atoms with E-state index in [2.05, 4.69) is 25.6 Å². The van der Waals surface area contributed by atoms with E-state index in [9.17, 15) is 4.79 Å². The van der Waals surface area contributed by atoms with Crippen molar-refractivity contribution in [1.82, 2.24) is 24.8 Å². The van der Waals surface area contributed by atoms with E-state index in [1.54, 1.807) is 23.7 Å². The van der Waals surface area contributed by atoms with Crippen molar-refractivity contribution in [2.24, 2.45) is 0 Å². The Bertz CT molecular complexity index is 1260. The Morgan fingerprint density at radius 3 is 2.50 bits per heavy atom. The van der Waals surface area contributed by atoms with Gasteiger partial charge in [-0.15, -0.1) is 5.10 Å². The summed E-state index contributed by atoms with van der Waals surface area (Å²) in [5.74, 6) is 1.26. The van der Waals surface area contributed by atoms with E-state index in [0.717, 1.165) is 34.9 Å². The number of rotatable bonds is 8. The summed E-state index contributed by atoms with van der Waals surface area (Å²) < 4.78 is 7.69. The molecule has 1 amide bonds. The van der Waals surface area contributed by atoms with Crippen LogP contribution in [0.1, 0.15) is 23.2 Å². The summed E-state index contributed by atoms with van der Waals surface area (Å²) in [6.45, 7) is 4.04. The first kappa shape index (κ1) is 21.9. The summed E-state index contributed by atoms with van der Waals surface area (Å²) in [6.07, 6.45) is 2.59. The normalized spacial score (nSPS) is 13.8. The van der Waals surface area contributed by atoms with Gasteiger partial charge in [-0.3, -0.25) is 9.69 Å². The summed E-state index contributed by atoms with van der Waals surface area (Å²) in [7, 11) is 1.62. The molecule has 8 heteroatoms. The van der Waals surface area contributed by atoms with E-state index >= 15 is 0 Å². The van der Waals surface area contributed by atoms with Gasteiger partial charge in [-0.2, -0.15) is 4.98 Å². The number of likely N-dealkylation sites (tertiary alicyclic amines) is 1. The highest BCUT2D eigenvalue weighted by molar-refractivity contribution is 5.94. The van der Waals surface area contributed by atoms with Crippen LogP contribution in [0.25, 0.3) is 16.9 Å². The fraction of sp³-hybridized carbons (Fsp3) is 0.269. The zero-order valence-electron chi connectivity index (χ0n) is 19.2. The first-order valence-corrected chi connectivity index (χ1v) is 11.6. The SMILES string of the molecule is CNC(=O)c1ccc(-c2cccc3nc(Nc4ccc(OCCN5CCCC5)cc4)nn23)cc1. The molecule has 0 unspecified atom stereocenters. The highest BCUT2D eigenvalue weighted by Gasteiger charge is 2.12. The van der Waals surface area contributed by atoms with E-state index in [-0.39, 0.29) is 5.91 Å². The standard InChI is InChI=1S/C26H28N6O2/c1-27-25(33)20-9-7-19(8-10-20)23-5-4-6-24-29-26(30-32(23)24)28-21-11-13-22(14-12-21)34-18-17-31-15-2-3-16-31/h4-14H,2-3,15-18H2,1H3,(H,27,33)(H,28,30). The van der Waals surface area contributed by atoms with Crippen molar-refractivity contribution in [3.8, 4) is 17.0 Å². The minimum atomic E-state index is -0.111. The Morgan fingerprint density at radius 1 is 1.00 bits per heavy atom. The molecule has 174 valence electrons. The maximum atomic E-state index is 11.8. The zero-order chi connectivity index (χ0) is 23.3. The van der Waals surface area contributed by atoms with Gasteiger partial charge in [0, 0.05) is 30.4 Å². The van der Waals surface area contributed by atoms with Gasteiger partial charge in [0.25, 0.3) is 5.91 Å². The molecule has 1 aliphatic rings. The molecule has 2 N–H and O–H groups in total. The molecule has 0 bridgehead atoms. The third-order valence-electron chi connectivity index (χ3n) is 6.02. The van der Waals surface area contributed by atoms with Gasteiger partial charge in [0.05, 0.1) is 5.69 Å². The minimum absolute atomic E-state index is 0.111. The number of nitrogens with zero attached hydrogens (tertiary/aromatic N) is 4. The van der Waals surface area contributed by atoms with Crippen molar-refractivity contribution in [2.75, 3.05) is 38.6 Å². The third kappa shape index (κ3) is 4.87. The van der Waals surface area contributed by atoms with Crippen LogP contribution in [0, 0.1) is 0 Å². The van der Waals surface area contributed by atoms with Crippen LogP contribution >= 0.6 is 0 Å².